The number of nitrogens with zero attached hydrogens (tertiary/aromatic N) is 2. The van der Waals surface area contributed by atoms with Gasteiger partial charge in [0, 0.05) is 36.9 Å². The van der Waals surface area contributed by atoms with Crippen LogP contribution in [-0.2, 0) is 9.59 Å². The summed E-state index contributed by atoms with van der Waals surface area (Å²) in [7, 11) is 0. The zero-order valence-electron chi connectivity index (χ0n) is 14.4. The second-order valence-electron chi connectivity index (χ2n) is 5.96. The zero-order valence-corrected chi connectivity index (χ0v) is 16.0. The molecule has 0 saturated carbocycles. The molecule has 1 aromatic rings. The Bertz CT molecular complexity index is 578. The first-order valence-electron chi connectivity index (χ1n) is 8.33. The highest BCUT2D eigenvalue weighted by Crippen LogP contribution is 2.20. The molecule has 1 aliphatic heterocycles. The quantitative estimate of drug-likeness (QED) is 0.776. The number of nitrogens with one attached hydrogen (secondary N) is 1. The average molecular weight is 389 g/mol. The molecule has 1 atom stereocenters. The number of benzene rings is 1. The molecule has 1 aliphatic rings. The van der Waals surface area contributed by atoms with Gasteiger partial charge >= 0.3 is 0 Å². The minimum absolute atomic E-state index is 0. The molecule has 0 aromatic heterocycles. The lowest BCUT2D eigenvalue weighted by molar-refractivity contribution is -0.133. The molecule has 0 bridgehead atoms. The number of halogens is 2. The van der Waals surface area contributed by atoms with Crippen LogP contribution >= 0.6 is 24.0 Å². The number of carbonyl (C=O) groups excluding carboxylic acids is 2. The van der Waals surface area contributed by atoms with Crippen LogP contribution in [0, 0.1) is 0 Å². The Balaban J connectivity index is 0.00000312. The van der Waals surface area contributed by atoms with E-state index in [1.807, 2.05) is 31.2 Å². The van der Waals surface area contributed by atoms with E-state index >= 15 is 0 Å². The summed E-state index contributed by atoms with van der Waals surface area (Å²) in [6, 6.07) is 7.16. The van der Waals surface area contributed by atoms with Gasteiger partial charge < -0.3 is 20.9 Å². The lowest BCUT2D eigenvalue weighted by Crippen LogP contribution is -2.52. The van der Waals surface area contributed by atoms with Gasteiger partial charge in [-0.2, -0.15) is 0 Å². The molecular formula is C17H26Cl2N4O2. The summed E-state index contributed by atoms with van der Waals surface area (Å²) in [6.07, 6.45) is 1.46. The van der Waals surface area contributed by atoms with Crippen LogP contribution in [0.1, 0.15) is 19.8 Å². The van der Waals surface area contributed by atoms with Crippen molar-refractivity contribution in [1.29, 1.82) is 0 Å². The van der Waals surface area contributed by atoms with Gasteiger partial charge in [0.25, 0.3) is 0 Å². The van der Waals surface area contributed by atoms with Crippen LogP contribution < -0.4 is 16.0 Å². The van der Waals surface area contributed by atoms with Crippen LogP contribution in [0.3, 0.4) is 0 Å². The zero-order chi connectivity index (χ0) is 17.5. The third kappa shape index (κ3) is 6.38. The number of rotatable bonds is 6. The van der Waals surface area contributed by atoms with E-state index < -0.39 is 6.04 Å². The average Bonchev–Trinajstić information content (AvgIpc) is 2.59. The van der Waals surface area contributed by atoms with Crippen LogP contribution in [0.2, 0.25) is 5.02 Å². The van der Waals surface area contributed by atoms with Gasteiger partial charge in [-0.25, -0.2) is 0 Å². The summed E-state index contributed by atoms with van der Waals surface area (Å²) in [4.78, 5) is 27.9. The van der Waals surface area contributed by atoms with Crippen molar-refractivity contribution in [3.63, 3.8) is 0 Å². The molecular weight excluding hydrogens is 363 g/mol. The van der Waals surface area contributed by atoms with Crippen LogP contribution in [0.15, 0.2) is 24.3 Å². The first kappa shape index (κ1) is 21.5. The molecule has 140 valence electrons. The van der Waals surface area contributed by atoms with E-state index in [0.717, 1.165) is 25.2 Å². The molecule has 1 unspecified atom stereocenters. The van der Waals surface area contributed by atoms with E-state index in [2.05, 4.69) is 10.2 Å². The Morgan fingerprint density at radius 2 is 1.96 bits per heavy atom. The number of hydrogen-bond acceptors (Lipinski definition) is 4. The van der Waals surface area contributed by atoms with E-state index in [-0.39, 0.29) is 30.8 Å². The third-order valence-electron chi connectivity index (χ3n) is 4.16. The summed E-state index contributed by atoms with van der Waals surface area (Å²) >= 11 is 6.02. The van der Waals surface area contributed by atoms with Crippen molar-refractivity contribution in [3.05, 3.63) is 29.3 Å². The number of hydrogen-bond donors (Lipinski definition) is 2. The van der Waals surface area contributed by atoms with E-state index in [1.165, 1.54) is 0 Å². The van der Waals surface area contributed by atoms with Crippen molar-refractivity contribution in [2.75, 3.05) is 37.6 Å². The van der Waals surface area contributed by atoms with Gasteiger partial charge in [0.2, 0.25) is 11.8 Å². The normalized spacial score (nSPS) is 15.3. The molecule has 2 amide bonds. The molecule has 25 heavy (non-hydrogen) atoms. The minimum atomic E-state index is -0.539. The number of amides is 2. The van der Waals surface area contributed by atoms with Crippen LogP contribution in [-0.4, -0.2) is 55.5 Å². The van der Waals surface area contributed by atoms with Crippen molar-refractivity contribution in [2.45, 2.75) is 25.8 Å². The molecule has 1 saturated heterocycles. The van der Waals surface area contributed by atoms with Gasteiger partial charge in [0.1, 0.15) is 0 Å². The predicted molar refractivity (Wildman–Crippen MR) is 103 cm³/mol. The Labute approximate surface area is 160 Å². The molecule has 8 heteroatoms. The fourth-order valence-electron chi connectivity index (χ4n) is 2.73. The van der Waals surface area contributed by atoms with E-state index in [4.69, 9.17) is 17.3 Å². The SMILES string of the molecule is CCCC(N)C(=O)NCC(=O)N1CCN(c2cccc(Cl)c2)CC1.Cl. The summed E-state index contributed by atoms with van der Waals surface area (Å²) in [5.74, 6) is -0.333. The summed E-state index contributed by atoms with van der Waals surface area (Å²) in [6.45, 7) is 4.72. The molecule has 0 aliphatic carbocycles. The molecule has 0 radical (unpaired) electrons. The fourth-order valence-corrected chi connectivity index (χ4v) is 2.92. The Morgan fingerprint density at radius 3 is 2.56 bits per heavy atom. The van der Waals surface area contributed by atoms with Gasteiger partial charge in [0.05, 0.1) is 12.6 Å². The minimum Gasteiger partial charge on any atom is -0.368 e. The van der Waals surface area contributed by atoms with Crippen LogP contribution in [0.5, 0.6) is 0 Å². The molecule has 1 heterocycles. The molecule has 3 N–H and O–H groups in total. The van der Waals surface area contributed by atoms with Crippen molar-refractivity contribution in [1.82, 2.24) is 10.2 Å². The first-order chi connectivity index (χ1) is 11.5. The standard InChI is InChI=1S/C17H25ClN4O2.ClH/c1-2-4-15(19)17(24)20-12-16(23)22-9-7-21(8-10-22)14-6-3-5-13(18)11-14;/h3,5-6,11,15H,2,4,7-10,12,19H2,1H3,(H,20,24);1H. The van der Waals surface area contributed by atoms with Crippen molar-refractivity contribution in [2.24, 2.45) is 5.73 Å². The Hall–Kier alpha value is -1.50. The smallest absolute Gasteiger partial charge is 0.242 e. The molecule has 1 fully saturated rings. The summed E-state index contributed by atoms with van der Waals surface area (Å²) in [5, 5.41) is 3.33. The highest BCUT2D eigenvalue weighted by atomic mass is 35.5. The molecule has 2 rings (SSSR count). The fraction of sp³-hybridized carbons (Fsp3) is 0.529. The Morgan fingerprint density at radius 1 is 1.28 bits per heavy atom. The van der Waals surface area contributed by atoms with Gasteiger partial charge in [-0.3, -0.25) is 9.59 Å². The second-order valence-corrected chi connectivity index (χ2v) is 6.40. The van der Waals surface area contributed by atoms with Gasteiger partial charge in [-0.15, -0.1) is 12.4 Å². The monoisotopic (exact) mass is 388 g/mol. The van der Waals surface area contributed by atoms with Gasteiger partial charge in [-0.05, 0) is 24.6 Å². The van der Waals surface area contributed by atoms with E-state index in [9.17, 15) is 9.59 Å². The summed E-state index contributed by atoms with van der Waals surface area (Å²) in [5.41, 5.74) is 6.80. The van der Waals surface area contributed by atoms with Gasteiger partial charge in [0.15, 0.2) is 0 Å². The molecule has 6 nitrogen and oxygen atoms in total. The number of nitrogens with two attached hydrogens (primary N) is 1. The summed E-state index contributed by atoms with van der Waals surface area (Å²) < 4.78 is 0. The maximum atomic E-state index is 12.2. The largest absolute Gasteiger partial charge is 0.368 e. The molecule has 1 aromatic carbocycles. The highest BCUT2D eigenvalue weighted by Gasteiger charge is 2.22. The van der Waals surface area contributed by atoms with Crippen molar-refractivity contribution >= 4 is 41.5 Å². The number of piperazine rings is 1. The van der Waals surface area contributed by atoms with Gasteiger partial charge in [-0.1, -0.05) is 31.0 Å². The highest BCUT2D eigenvalue weighted by molar-refractivity contribution is 6.30. The maximum Gasteiger partial charge on any atom is 0.242 e. The second kappa shape index (κ2) is 10.5. The van der Waals surface area contributed by atoms with Crippen LogP contribution in [0.25, 0.3) is 0 Å². The first-order valence-corrected chi connectivity index (χ1v) is 8.70. The predicted octanol–water partition coefficient (Wildman–Crippen LogP) is 1.65. The third-order valence-corrected chi connectivity index (χ3v) is 4.39. The number of carbonyl (C=O) groups is 2. The topological polar surface area (TPSA) is 78.7 Å². The molecule has 0 spiro atoms. The number of anilines is 1. The van der Waals surface area contributed by atoms with E-state index in [0.29, 0.717) is 24.5 Å². The van der Waals surface area contributed by atoms with E-state index in [1.54, 1.807) is 4.90 Å². The van der Waals surface area contributed by atoms with Crippen molar-refractivity contribution < 1.29 is 9.59 Å². The Kier molecular flexibility index (Phi) is 9.03. The van der Waals surface area contributed by atoms with Crippen molar-refractivity contribution in [3.8, 4) is 0 Å². The van der Waals surface area contributed by atoms with Crippen LogP contribution in [0.4, 0.5) is 5.69 Å². The lowest BCUT2D eigenvalue weighted by Gasteiger charge is -2.36. The lowest BCUT2D eigenvalue weighted by atomic mass is 10.2. The maximum absolute atomic E-state index is 12.2.